The van der Waals surface area contributed by atoms with Gasteiger partial charge < -0.3 is 9.80 Å². The molecule has 1 aliphatic heterocycles. The van der Waals surface area contributed by atoms with E-state index >= 15 is 0 Å². The monoisotopic (exact) mass is 428 g/mol. The van der Waals surface area contributed by atoms with Crippen LogP contribution in [-0.2, 0) is 0 Å². The number of hydrogen-bond donors (Lipinski definition) is 0. The number of piperazine rings is 1. The summed E-state index contributed by atoms with van der Waals surface area (Å²) >= 11 is 0. The molecule has 0 N–H and O–H groups in total. The fourth-order valence-electron chi connectivity index (χ4n) is 7.50. The van der Waals surface area contributed by atoms with Crippen molar-refractivity contribution in [3.05, 3.63) is 42.0 Å². The van der Waals surface area contributed by atoms with Crippen molar-refractivity contribution in [1.29, 1.82) is 0 Å². The molecule has 0 unspecified atom stereocenters. The van der Waals surface area contributed by atoms with Gasteiger partial charge in [0, 0.05) is 26.2 Å². The van der Waals surface area contributed by atoms with Crippen molar-refractivity contribution in [2.24, 2.45) is 23.2 Å². The molecular formula is C27H41ClN2. The fraction of sp³-hybridized carbons (Fsp3) is 0.704. The molecular weight excluding hydrogens is 388 g/mol. The molecule has 0 atom stereocenters. The molecule has 5 fully saturated rings. The normalized spacial score (nSPS) is 34.2. The number of nitrogens with zero attached hydrogens (tertiary/aromatic N) is 2. The van der Waals surface area contributed by atoms with Crippen LogP contribution in [0, 0.1) is 23.2 Å². The highest BCUT2D eigenvalue weighted by Gasteiger charge is 2.52. The van der Waals surface area contributed by atoms with Crippen molar-refractivity contribution in [2.75, 3.05) is 39.8 Å². The van der Waals surface area contributed by atoms with Crippen molar-refractivity contribution in [2.45, 2.75) is 57.8 Å². The van der Waals surface area contributed by atoms with Crippen molar-refractivity contribution in [1.82, 2.24) is 9.80 Å². The van der Waals surface area contributed by atoms with Crippen LogP contribution in [0.1, 0.15) is 63.4 Å². The lowest BCUT2D eigenvalue weighted by Crippen LogP contribution is -2.46. The first-order valence-corrected chi connectivity index (χ1v) is 12.4. The van der Waals surface area contributed by atoms with Crippen LogP contribution >= 0.6 is 12.4 Å². The van der Waals surface area contributed by atoms with Gasteiger partial charge in [0.05, 0.1) is 0 Å². The topological polar surface area (TPSA) is 6.48 Å². The predicted octanol–water partition coefficient (Wildman–Crippen LogP) is 6.13. The van der Waals surface area contributed by atoms with E-state index < -0.39 is 0 Å². The Morgan fingerprint density at radius 2 is 1.50 bits per heavy atom. The van der Waals surface area contributed by atoms with Gasteiger partial charge in [-0.3, -0.25) is 0 Å². The van der Waals surface area contributed by atoms with Gasteiger partial charge in [-0.25, -0.2) is 0 Å². The first-order valence-electron chi connectivity index (χ1n) is 12.4. The number of benzene rings is 1. The lowest BCUT2D eigenvalue weighted by Gasteiger charge is -2.58. The Hall–Kier alpha value is -0.830. The molecule has 4 aliphatic carbocycles. The van der Waals surface area contributed by atoms with Crippen molar-refractivity contribution in [3.63, 3.8) is 0 Å². The molecule has 6 rings (SSSR count). The van der Waals surface area contributed by atoms with Crippen molar-refractivity contribution in [3.8, 4) is 0 Å². The number of rotatable bonds is 7. The van der Waals surface area contributed by atoms with Gasteiger partial charge in [-0.1, -0.05) is 36.4 Å². The number of unbranched alkanes of at least 4 members (excludes halogenated alkanes) is 2. The molecule has 5 aliphatic rings. The summed E-state index contributed by atoms with van der Waals surface area (Å²) in [5.41, 5.74) is 3.76. The maximum absolute atomic E-state index is 2.69. The van der Waals surface area contributed by atoms with Gasteiger partial charge in [-0.2, -0.15) is 0 Å². The van der Waals surface area contributed by atoms with Crippen molar-refractivity contribution < 1.29 is 0 Å². The molecule has 0 spiro atoms. The molecule has 1 heterocycles. The quantitative estimate of drug-likeness (QED) is 0.482. The standard InChI is InChI=1S/C27H40N2.ClH/c1-28-12-14-29(15-13-28)11-7-3-6-10-26(25-8-4-2-5-9-25)27-19-22-16-23(20-27)18-24(17-22)21-27;/h2,4-5,8-10,22-24H,3,6-7,11-21H2,1H3;1H. The Labute approximate surface area is 190 Å². The molecule has 30 heavy (non-hydrogen) atoms. The Kier molecular flexibility index (Phi) is 7.27. The van der Waals surface area contributed by atoms with E-state index in [1.54, 1.807) is 5.57 Å². The molecule has 2 nitrogen and oxygen atoms in total. The molecule has 1 aromatic carbocycles. The molecule has 0 aromatic heterocycles. The Balaban J connectivity index is 0.00000218. The summed E-state index contributed by atoms with van der Waals surface area (Å²) in [6, 6.07) is 11.4. The highest BCUT2D eigenvalue weighted by Crippen LogP contribution is 2.64. The molecule has 1 aromatic rings. The second-order valence-electron chi connectivity index (χ2n) is 10.8. The SMILES string of the molecule is CN1CCN(CCCCC=C(c2ccccc2)C23CC4CC(CC(C4)C2)C3)CC1.Cl. The number of allylic oxidation sites excluding steroid dienone is 2. The predicted molar refractivity (Wildman–Crippen MR) is 130 cm³/mol. The molecule has 0 amide bonds. The van der Waals surface area contributed by atoms with E-state index in [1.807, 2.05) is 0 Å². The van der Waals surface area contributed by atoms with Crippen LogP contribution in [0.3, 0.4) is 0 Å². The van der Waals surface area contributed by atoms with E-state index in [-0.39, 0.29) is 12.4 Å². The minimum atomic E-state index is 0. The van der Waals surface area contributed by atoms with Gasteiger partial charge in [0.1, 0.15) is 0 Å². The number of halogens is 1. The van der Waals surface area contributed by atoms with Gasteiger partial charge in [0.2, 0.25) is 0 Å². The minimum absolute atomic E-state index is 0. The van der Waals surface area contributed by atoms with Crippen LogP contribution < -0.4 is 0 Å². The highest BCUT2D eigenvalue weighted by atomic mass is 35.5. The van der Waals surface area contributed by atoms with E-state index in [9.17, 15) is 0 Å². The molecule has 3 heteroatoms. The average molecular weight is 429 g/mol. The van der Waals surface area contributed by atoms with E-state index in [0.717, 1.165) is 17.8 Å². The summed E-state index contributed by atoms with van der Waals surface area (Å²) in [7, 11) is 2.25. The van der Waals surface area contributed by atoms with Crippen LogP contribution in [0.4, 0.5) is 0 Å². The zero-order chi connectivity index (χ0) is 19.7. The minimum Gasteiger partial charge on any atom is -0.304 e. The number of likely N-dealkylation sites (N-methyl/N-ethyl adjacent to an activating group) is 1. The molecule has 4 saturated carbocycles. The van der Waals surface area contributed by atoms with Crippen LogP contribution in [0.5, 0.6) is 0 Å². The Morgan fingerprint density at radius 3 is 2.10 bits per heavy atom. The lowest BCUT2D eigenvalue weighted by molar-refractivity contribution is -0.0178. The average Bonchev–Trinajstić information content (AvgIpc) is 2.71. The van der Waals surface area contributed by atoms with Crippen LogP contribution in [-0.4, -0.2) is 49.6 Å². The second-order valence-corrected chi connectivity index (χ2v) is 10.8. The Bertz CT molecular complexity index is 670. The van der Waals surface area contributed by atoms with E-state index in [4.69, 9.17) is 0 Å². The first kappa shape index (κ1) is 22.4. The van der Waals surface area contributed by atoms with Gasteiger partial charge in [-0.15, -0.1) is 12.4 Å². The van der Waals surface area contributed by atoms with Crippen LogP contribution in [0.25, 0.3) is 5.57 Å². The third kappa shape index (κ3) is 4.81. The largest absolute Gasteiger partial charge is 0.304 e. The lowest BCUT2D eigenvalue weighted by atomic mass is 9.47. The van der Waals surface area contributed by atoms with Gasteiger partial charge in [-0.05, 0) is 106 Å². The van der Waals surface area contributed by atoms with E-state index in [0.29, 0.717) is 5.41 Å². The maximum Gasteiger partial charge on any atom is 0.0110 e. The van der Waals surface area contributed by atoms with E-state index in [2.05, 4.69) is 53.3 Å². The van der Waals surface area contributed by atoms with Crippen molar-refractivity contribution >= 4 is 18.0 Å². The molecule has 0 radical (unpaired) electrons. The second kappa shape index (κ2) is 9.76. The van der Waals surface area contributed by atoms with Gasteiger partial charge in [0.25, 0.3) is 0 Å². The fourth-order valence-corrected chi connectivity index (χ4v) is 7.50. The van der Waals surface area contributed by atoms with Gasteiger partial charge >= 0.3 is 0 Å². The maximum atomic E-state index is 2.69. The summed E-state index contributed by atoms with van der Waals surface area (Å²) in [6.45, 7) is 6.29. The molecule has 4 bridgehead atoms. The zero-order valence-electron chi connectivity index (χ0n) is 18.9. The third-order valence-electron chi connectivity index (χ3n) is 8.57. The molecule has 1 saturated heterocycles. The smallest absolute Gasteiger partial charge is 0.0110 e. The molecule has 166 valence electrons. The van der Waals surface area contributed by atoms with Gasteiger partial charge in [0.15, 0.2) is 0 Å². The first-order chi connectivity index (χ1) is 14.2. The third-order valence-corrected chi connectivity index (χ3v) is 8.57. The highest BCUT2D eigenvalue weighted by molar-refractivity contribution is 5.85. The summed E-state index contributed by atoms with van der Waals surface area (Å²) in [6.07, 6.45) is 15.7. The number of hydrogen-bond acceptors (Lipinski definition) is 2. The summed E-state index contributed by atoms with van der Waals surface area (Å²) in [5, 5.41) is 0. The zero-order valence-corrected chi connectivity index (χ0v) is 19.7. The van der Waals surface area contributed by atoms with E-state index in [1.165, 1.54) is 96.1 Å². The van der Waals surface area contributed by atoms with Crippen LogP contribution in [0.2, 0.25) is 0 Å². The summed E-state index contributed by atoms with van der Waals surface area (Å²) < 4.78 is 0. The summed E-state index contributed by atoms with van der Waals surface area (Å²) in [5.74, 6) is 3.06. The summed E-state index contributed by atoms with van der Waals surface area (Å²) in [4.78, 5) is 5.12. The Morgan fingerprint density at radius 1 is 0.900 bits per heavy atom. The van der Waals surface area contributed by atoms with Crippen LogP contribution in [0.15, 0.2) is 36.4 Å².